The Hall–Kier alpha value is -2.36. The summed E-state index contributed by atoms with van der Waals surface area (Å²) < 4.78 is 8.26. The molecule has 0 unspecified atom stereocenters. The summed E-state index contributed by atoms with van der Waals surface area (Å²) in [7, 11) is 0. The van der Waals surface area contributed by atoms with Crippen LogP contribution in [0.5, 0.6) is 0 Å². The minimum absolute atomic E-state index is 0.131. The number of nitrogens with zero attached hydrogens (tertiary/aromatic N) is 7. The molecule has 1 aliphatic rings. The van der Waals surface area contributed by atoms with Gasteiger partial charge in [0.05, 0.1) is 18.3 Å². The fourth-order valence-corrected chi connectivity index (χ4v) is 2.07. The lowest BCUT2D eigenvalue weighted by atomic mass is 10.3. The number of ether oxygens (including phenoxy) is 1. The van der Waals surface area contributed by atoms with E-state index in [4.69, 9.17) is 10.5 Å². The van der Waals surface area contributed by atoms with Crippen LogP contribution in [0, 0.1) is 0 Å². The minimum Gasteiger partial charge on any atom is -0.461 e. The first-order valence-corrected chi connectivity index (χ1v) is 6.80. The van der Waals surface area contributed by atoms with Crippen molar-refractivity contribution >= 4 is 5.97 Å². The van der Waals surface area contributed by atoms with Crippen molar-refractivity contribution < 1.29 is 9.53 Å². The number of carbonyl (C=O) groups is 1. The molecule has 1 aliphatic carbocycles. The van der Waals surface area contributed by atoms with Crippen LogP contribution in [-0.2, 0) is 17.8 Å². The van der Waals surface area contributed by atoms with Crippen molar-refractivity contribution in [3.63, 3.8) is 0 Å². The molecule has 21 heavy (non-hydrogen) atoms. The van der Waals surface area contributed by atoms with Gasteiger partial charge in [0.2, 0.25) is 0 Å². The van der Waals surface area contributed by atoms with Gasteiger partial charge >= 0.3 is 5.97 Å². The standard InChI is InChI=1S/C11H16N8O2/c1-2-21-11(20)10-8(5-12)18(16-14-10)6-9-13-15-17-19(9)7-3-4-7/h7H,2-6,12H2,1H3. The number of tetrazole rings is 1. The maximum atomic E-state index is 11.8. The summed E-state index contributed by atoms with van der Waals surface area (Å²) in [6.07, 6.45) is 2.15. The Balaban J connectivity index is 1.85. The maximum absolute atomic E-state index is 11.8. The van der Waals surface area contributed by atoms with Crippen LogP contribution in [0.15, 0.2) is 0 Å². The van der Waals surface area contributed by atoms with E-state index >= 15 is 0 Å². The van der Waals surface area contributed by atoms with Crippen LogP contribution in [-0.4, -0.2) is 47.8 Å². The molecule has 112 valence electrons. The zero-order chi connectivity index (χ0) is 14.8. The number of rotatable bonds is 6. The van der Waals surface area contributed by atoms with Gasteiger partial charge in [-0.25, -0.2) is 14.2 Å². The highest BCUT2D eigenvalue weighted by Crippen LogP contribution is 2.34. The van der Waals surface area contributed by atoms with Gasteiger partial charge in [0.15, 0.2) is 11.5 Å². The van der Waals surface area contributed by atoms with Crippen molar-refractivity contribution in [1.82, 2.24) is 35.2 Å². The number of carbonyl (C=O) groups excluding carboxylic acids is 1. The van der Waals surface area contributed by atoms with Crippen LogP contribution in [0.4, 0.5) is 0 Å². The van der Waals surface area contributed by atoms with Crippen molar-refractivity contribution in [1.29, 1.82) is 0 Å². The number of hydrogen-bond donors (Lipinski definition) is 1. The third-order valence-corrected chi connectivity index (χ3v) is 3.24. The number of aromatic nitrogens is 7. The normalized spacial score (nSPS) is 14.4. The Morgan fingerprint density at radius 2 is 2.19 bits per heavy atom. The van der Waals surface area contributed by atoms with Gasteiger partial charge in [-0.1, -0.05) is 5.21 Å². The highest BCUT2D eigenvalue weighted by Gasteiger charge is 2.28. The van der Waals surface area contributed by atoms with E-state index in [1.165, 1.54) is 4.68 Å². The summed E-state index contributed by atoms with van der Waals surface area (Å²) in [5, 5.41) is 19.5. The molecule has 0 amide bonds. The largest absolute Gasteiger partial charge is 0.461 e. The molecule has 0 bridgehead atoms. The molecule has 0 aromatic carbocycles. The van der Waals surface area contributed by atoms with Gasteiger partial charge in [0.1, 0.15) is 6.54 Å². The molecule has 0 radical (unpaired) electrons. The first-order valence-electron chi connectivity index (χ1n) is 6.80. The van der Waals surface area contributed by atoms with Gasteiger partial charge in [-0.2, -0.15) is 0 Å². The molecule has 10 heteroatoms. The first kappa shape index (κ1) is 13.6. The molecule has 3 rings (SSSR count). The monoisotopic (exact) mass is 292 g/mol. The smallest absolute Gasteiger partial charge is 0.360 e. The van der Waals surface area contributed by atoms with Crippen LogP contribution in [0.3, 0.4) is 0 Å². The molecule has 0 aliphatic heterocycles. The van der Waals surface area contributed by atoms with Gasteiger partial charge in [-0.05, 0) is 30.2 Å². The summed E-state index contributed by atoms with van der Waals surface area (Å²) in [4.78, 5) is 11.8. The summed E-state index contributed by atoms with van der Waals surface area (Å²) >= 11 is 0. The molecular weight excluding hydrogens is 276 g/mol. The topological polar surface area (TPSA) is 127 Å². The third kappa shape index (κ3) is 2.61. The lowest BCUT2D eigenvalue weighted by molar-refractivity contribution is 0.0518. The first-order chi connectivity index (χ1) is 10.2. The molecule has 1 fully saturated rings. The van der Waals surface area contributed by atoms with Gasteiger partial charge in [-0.3, -0.25) is 0 Å². The lowest BCUT2D eigenvalue weighted by Crippen LogP contribution is -2.16. The van der Waals surface area contributed by atoms with Crippen molar-refractivity contribution in [3.8, 4) is 0 Å². The second kappa shape index (κ2) is 5.56. The van der Waals surface area contributed by atoms with E-state index in [1.807, 2.05) is 0 Å². The Bertz CT molecular complexity index is 644. The third-order valence-electron chi connectivity index (χ3n) is 3.24. The predicted octanol–water partition coefficient (Wildman–Crippen LogP) is -0.717. The highest BCUT2D eigenvalue weighted by molar-refractivity contribution is 5.88. The molecule has 1 saturated carbocycles. The van der Waals surface area contributed by atoms with Gasteiger partial charge in [-0.15, -0.1) is 10.2 Å². The molecular formula is C11H16N8O2. The molecule has 0 saturated heterocycles. The second-order valence-corrected chi connectivity index (χ2v) is 4.74. The van der Waals surface area contributed by atoms with E-state index in [9.17, 15) is 4.79 Å². The van der Waals surface area contributed by atoms with Gasteiger partial charge in [0.25, 0.3) is 0 Å². The van der Waals surface area contributed by atoms with Crippen LogP contribution in [0.25, 0.3) is 0 Å². The van der Waals surface area contributed by atoms with Crippen LogP contribution in [0.2, 0.25) is 0 Å². The average Bonchev–Trinajstić information content (AvgIpc) is 3.08. The Labute approximate surface area is 120 Å². The highest BCUT2D eigenvalue weighted by atomic mass is 16.5. The minimum atomic E-state index is -0.522. The van der Waals surface area contributed by atoms with Crippen molar-refractivity contribution in [2.24, 2.45) is 5.73 Å². The van der Waals surface area contributed by atoms with E-state index in [0.717, 1.165) is 12.8 Å². The zero-order valence-electron chi connectivity index (χ0n) is 11.6. The second-order valence-electron chi connectivity index (χ2n) is 4.74. The van der Waals surface area contributed by atoms with Crippen molar-refractivity contribution in [2.75, 3.05) is 6.61 Å². The Kier molecular flexibility index (Phi) is 3.60. The molecule has 2 heterocycles. The Morgan fingerprint density at radius 1 is 1.38 bits per heavy atom. The lowest BCUT2D eigenvalue weighted by Gasteiger charge is -2.06. The van der Waals surface area contributed by atoms with Gasteiger partial charge in [0, 0.05) is 6.54 Å². The Morgan fingerprint density at radius 3 is 2.86 bits per heavy atom. The molecule has 0 atom stereocenters. The van der Waals surface area contributed by atoms with E-state index < -0.39 is 5.97 Å². The predicted molar refractivity (Wildman–Crippen MR) is 69.1 cm³/mol. The fraction of sp³-hybridized carbons (Fsp3) is 0.636. The number of hydrogen-bond acceptors (Lipinski definition) is 8. The van der Waals surface area contributed by atoms with Crippen LogP contribution >= 0.6 is 0 Å². The fourth-order valence-electron chi connectivity index (χ4n) is 2.07. The summed E-state index contributed by atoms with van der Waals surface area (Å²) in [5.41, 5.74) is 6.36. The zero-order valence-corrected chi connectivity index (χ0v) is 11.6. The van der Waals surface area contributed by atoms with Crippen molar-refractivity contribution in [2.45, 2.75) is 38.9 Å². The van der Waals surface area contributed by atoms with E-state index in [1.54, 1.807) is 11.6 Å². The van der Waals surface area contributed by atoms with Crippen molar-refractivity contribution in [3.05, 3.63) is 17.2 Å². The van der Waals surface area contributed by atoms with Crippen LogP contribution < -0.4 is 5.73 Å². The van der Waals surface area contributed by atoms with E-state index in [-0.39, 0.29) is 18.8 Å². The average molecular weight is 292 g/mol. The number of nitrogens with two attached hydrogens (primary N) is 1. The summed E-state index contributed by atoms with van der Waals surface area (Å²) in [6.45, 7) is 2.46. The molecule has 2 aromatic heterocycles. The quantitative estimate of drug-likeness (QED) is 0.691. The molecule has 0 spiro atoms. The molecule has 2 N–H and O–H groups in total. The number of esters is 1. The molecule has 10 nitrogen and oxygen atoms in total. The SMILES string of the molecule is CCOC(=O)c1nnn(Cc2nnnn2C2CC2)c1CN. The summed E-state index contributed by atoms with van der Waals surface area (Å²) in [6, 6.07) is 0.365. The van der Waals surface area contributed by atoms with Crippen LogP contribution in [0.1, 0.15) is 47.8 Å². The van der Waals surface area contributed by atoms with E-state index in [0.29, 0.717) is 24.1 Å². The summed E-state index contributed by atoms with van der Waals surface area (Å²) in [5.74, 6) is 0.151. The van der Waals surface area contributed by atoms with Gasteiger partial charge < -0.3 is 10.5 Å². The maximum Gasteiger partial charge on any atom is 0.360 e. The molecule has 2 aromatic rings. The van der Waals surface area contributed by atoms with E-state index in [2.05, 4.69) is 25.8 Å².